The molecule has 0 radical (unpaired) electrons. The molecule has 3 unspecified atom stereocenters. The second kappa shape index (κ2) is 5.22. The minimum atomic E-state index is -3.16. The third kappa shape index (κ3) is 2.81. The molecule has 0 aromatic carbocycles. The lowest BCUT2D eigenvalue weighted by Crippen LogP contribution is -2.45. The van der Waals surface area contributed by atoms with Crippen molar-refractivity contribution in [3.63, 3.8) is 0 Å². The lowest BCUT2D eigenvalue weighted by Gasteiger charge is -2.35. The number of nitrogens with zero attached hydrogens (tertiary/aromatic N) is 1. The highest BCUT2D eigenvalue weighted by Crippen LogP contribution is 2.27. The summed E-state index contributed by atoms with van der Waals surface area (Å²) in [4.78, 5) is 2.16. The van der Waals surface area contributed by atoms with Crippen molar-refractivity contribution in [1.29, 1.82) is 0 Å². The topological polar surface area (TPSA) is 69.6 Å². The van der Waals surface area contributed by atoms with Crippen LogP contribution in [0.25, 0.3) is 0 Å². The lowest BCUT2D eigenvalue weighted by atomic mass is 9.91. The average Bonchev–Trinajstić information content (AvgIpc) is 2.79. The Labute approximate surface area is 103 Å². The molecule has 1 heterocycles. The Hall–Kier alpha value is -0.170. The average molecular weight is 262 g/mol. The Morgan fingerprint density at radius 1 is 1.24 bits per heavy atom. The van der Waals surface area contributed by atoms with Gasteiger partial charge in [-0.3, -0.25) is 4.90 Å². The van der Waals surface area contributed by atoms with Crippen molar-refractivity contribution in [1.82, 2.24) is 9.62 Å². The summed E-state index contributed by atoms with van der Waals surface area (Å²) in [5, 5.41) is 9.65. The van der Waals surface area contributed by atoms with E-state index in [9.17, 15) is 13.5 Å². The van der Waals surface area contributed by atoms with E-state index in [1.54, 1.807) is 0 Å². The first-order chi connectivity index (χ1) is 8.04. The minimum absolute atomic E-state index is 0.167. The summed E-state index contributed by atoms with van der Waals surface area (Å²) in [7, 11) is -1.69. The maximum Gasteiger partial charge on any atom is 0.215 e. The predicted molar refractivity (Wildman–Crippen MR) is 66.2 cm³/mol. The molecule has 1 aliphatic carbocycles. The summed E-state index contributed by atoms with van der Waals surface area (Å²) in [5.74, 6) is 0. The van der Waals surface area contributed by atoms with E-state index < -0.39 is 10.0 Å². The second-order valence-corrected chi connectivity index (χ2v) is 7.24. The smallest absolute Gasteiger partial charge is 0.215 e. The van der Waals surface area contributed by atoms with E-state index in [4.69, 9.17) is 0 Å². The molecule has 2 aliphatic rings. The predicted octanol–water partition coefficient (Wildman–Crippen LogP) is -0.0866. The van der Waals surface area contributed by atoms with E-state index in [0.717, 1.165) is 32.2 Å². The summed E-state index contributed by atoms with van der Waals surface area (Å²) < 4.78 is 25.8. The van der Waals surface area contributed by atoms with Gasteiger partial charge in [-0.05, 0) is 32.9 Å². The first-order valence-corrected chi connectivity index (χ1v) is 7.93. The van der Waals surface area contributed by atoms with Crippen LogP contribution in [0.5, 0.6) is 0 Å². The van der Waals surface area contributed by atoms with Gasteiger partial charge in [0.2, 0.25) is 10.0 Å². The van der Waals surface area contributed by atoms with E-state index in [1.807, 2.05) is 0 Å². The largest absolute Gasteiger partial charge is 0.391 e. The normalized spacial score (nSPS) is 36.2. The van der Waals surface area contributed by atoms with Crippen LogP contribution in [0.15, 0.2) is 0 Å². The third-order valence-corrected chi connectivity index (χ3v) is 5.89. The van der Waals surface area contributed by atoms with Crippen LogP contribution < -0.4 is 4.72 Å². The highest BCUT2D eigenvalue weighted by molar-refractivity contribution is 7.90. The van der Waals surface area contributed by atoms with Gasteiger partial charge in [0.05, 0.1) is 11.4 Å². The number of likely N-dealkylation sites (tertiary alicyclic amines) is 1. The third-order valence-electron chi connectivity index (χ3n) is 4.06. The molecule has 2 rings (SSSR count). The van der Waals surface area contributed by atoms with Gasteiger partial charge in [-0.2, -0.15) is 0 Å². The molecular weight excluding hydrogens is 240 g/mol. The number of nitrogens with one attached hydrogen (secondary N) is 1. The van der Waals surface area contributed by atoms with Crippen LogP contribution >= 0.6 is 0 Å². The van der Waals surface area contributed by atoms with Crippen molar-refractivity contribution in [3.05, 3.63) is 0 Å². The standard InChI is InChI=1S/C11H22N2O3S/c1-12-17(15,16)9-6-7-13(8-9)10-4-2-3-5-11(10)14/h9-12,14H,2-8H2,1H3. The molecule has 2 N–H and O–H groups in total. The molecule has 0 aromatic rings. The van der Waals surface area contributed by atoms with Crippen molar-refractivity contribution in [2.75, 3.05) is 20.1 Å². The van der Waals surface area contributed by atoms with Crippen LogP contribution in [0, 0.1) is 0 Å². The first-order valence-electron chi connectivity index (χ1n) is 6.39. The maximum atomic E-state index is 11.7. The van der Waals surface area contributed by atoms with Gasteiger partial charge in [0.25, 0.3) is 0 Å². The van der Waals surface area contributed by atoms with Gasteiger partial charge >= 0.3 is 0 Å². The van der Waals surface area contributed by atoms with E-state index in [1.165, 1.54) is 7.05 Å². The van der Waals surface area contributed by atoms with Gasteiger partial charge in [-0.25, -0.2) is 13.1 Å². The van der Waals surface area contributed by atoms with Crippen molar-refractivity contribution < 1.29 is 13.5 Å². The zero-order valence-electron chi connectivity index (χ0n) is 10.3. The van der Waals surface area contributed by atoms with Crippen LogP contribution in [0.2, 0.25) is 0 Å². The zero-order chi connectivity index (χ0) is 12.5. The molecule has 2 fully saturated rings. The van der Waals surface area contributed by atoms with E-state index in [0.29, 0.717) is 13.0 Å². The monoisotopic (exact) mass is 262 g/mol. The van der Waals surface area contributed by atoms with E-state index in [2.05, 4.69) is 9.62 Å². The Kier molecular flexibility index (Phi) is 4.07. The number of aliphatic hydroxyl groups excluding tert-OH is 1. The van der Waals surface area contributed by atoms with Crippen LogP contribution in [0.4, 0.5) is 0 Å². The number of aliphatic hydroxyl groups is 1. The highest BCUT2D eigenvalue weighted by atomic mass is 32.2. The Bertz CT molecular complexity index is 358. The molecule has 100 valence electrons. The van der Waals surface area contributed by atoms with Gasteiger partial charge in [-0.1, -0.05) is 12.8 Å². The summed E-state index contributed by atoms with van der Waals surface area (Å²) in [5.41, 5.74) is 0. The number of rotatable bonds is 3. The van der Waals surface area contributed by atoms with Crippen molar-refractivity contribution in [3.8, 4) is 0 Å². The minimum Gasteiger partial charge on any atom is -0.391 e. The SMILES string of the molecule is CNS(=O)(=O)C1CCN(C2CCCCC2O)C1. The molecule has 1 aliphatic heterocycles. The Morgan fingerprint density at radius 2 is 1.94 bits per heavy atom. The van der Waals surface area contributed by atoms with Gasteiger partial charge in [0.1, 0.15) is 0 Å². The lowest BCUT2D eigenvalue weighted by molar-refractivity contribution is 0.0312. The molecule has 1 saturated carbocycles. The van der Waals surface area contributed by atoms with Gasteiger partial charge < -0.3 is 5.11 Å². The van der Waals surface area contributed by atoms with Crippen molar-refractivity contribution in [2.45, 2.75) is 49.5 Å². The Balaban J connectivity index is 1.97. The molecule has 1 saturated heterocycles. The molecule has 3 atom stereocenters. The molecule has 0 amide bonds. The summed E-state index contributed by atoms with van der Waals surface area (Å²) in [6.07, 6.45) is 4.47. The maximum absolute atomic E-state index is 11.7. The Morgan fingerprint density at radius 3 is 2.59 bits per heavy atom. The molecule has 0 spiro atoms. The molecule has 0 aromatic heterocycles. The summed E-state index contributed by atoms with van der Waals surface area (Å²) in [6.45, 7) is 1.35. The fraction of sp³-hybridized carbons (Fsp3) is 1.00. The number of hydrogen-bond acceptors (Lipinski definition) is 4. The van der Waals surface area contributed by atoms with E-state index >= 15 is 0 Å². The molecule has 0 bridgehead atoms. The highest BCUT2D eigenvalue weighted by Gasteiger charge is 2.38. The van der Waals surface area contributed by atoms with Gasteiger partial charge in [0, 0.05) is 12.6 Å². The zero-order valence-corrected chi connectivity index (χ0v) is 11.1. The molecular formula is C11H22N2O3S. The van der Waals surface area contributed by atoms with Crippen molar-refractivity contribution >= 4 is 10.0 Å². The van der Waals surface area contributed by atoms with Crippen LogP contribution in [-0.2, 0) is 10.0 Å². The van der Waals surface area contributed by atoms with E-state index in [-0.39, 0.29) is 17.4 Å². The summed E-state index contributed by atoms with van der Waals surface area (Å²) in [6, 6.07) is 0.167. The van der Waals surface area contributed by atoms with Gasteiger partial charge in [0.15, 0.2) is 0 Å². The number of hydrogen-bond donors (Lipinski definition) is 2. The van der Waals surface area contributed by atoms with Crippen molar-refractivity contribution in [2.24, 2.45) is 0 Å². The second-order valence-electron chi connectivity index (χ2n) is 5.07. The molecule has 5 nitrogen and oxygen atoms in total. The van der Waals surface area contributed by atoms with Gasteiger partial charge in [-0.15, -0.1) is 0 Å². The molecule has 17 heavy (non-hydrogen) atoms. The summed E-state index contributed by atoms with van der Waals surface area (Å²) >= 11 is 0. The first kappa shape index (κ1) is 13.3. The van der Waals surface area contributed by atoms with Crippen LogP contribution in [0.1, 0.15) is 32.1 Å². The fourth-order valence-electron chi connectivity index (χ4n) is 2.99. The van der Waals surface area contributed by atoms with Crippen LogP contribution in [0.3, 0.4) is 0 Å². The number of sulfonamides is 1. The molecule has 6 heteroatoms. The fourth-order valence-corrected chi connectivity index (χ4v) is 4.13. The quantitative estimate of drug-likeness (QED) is 0.746. The van der Waals surface area contributed by atoms with Crippen LogP contribution in [-0.4, -0.2) is 56.0 Å².